The first kappa shape index (κ1) is 23.8. The second-order valence-electron chi connectivity index (χ2n) is 8.25. The first-order valence-corrected chi connectivity index (χ1v) is 10.9. The molecule has 0 radical (unpaired) electrons. The van der Waals surface area contributed by atoms with Crippen molar-refractivity contribution in [2.75, 3.05) is 13.1 Å². The van der Waals surface area contributed by atoms with Gasteiger partial charge in [-0.1, -0.05) is 19.1 Å². The summed E-state index contributed by atoms with van der Waals surface area (Å²) in [5.41, 5.74) is 1.18. The third-order valence-electron chi connectivity index (χ3n) is 5.94. The highest BCUT2D eigenvalue weighted by atomic mass is 19.4. The molecule has 0 spiro atoms. The molecule has 1 N–H and O–H groups in total. The Morgan fingerprint density at radius 2 is 1.91 bits per heavy atom. The van der Waals surface area contributed by atoms with Crippen LogP contribution < -0.4 is 5.32 Å². The molecule has 3 rings (SSSR count). The summed E-state index contributed by atoms with van der Waals surface area (Å²) in [6.45, 7) is 3.35. The lowest BCUT2D eigenvalue weighted by Crippen LogP contribution is -2.39. The molecule has 2 aromatic rings. The summed E-state index contributed by atoms with van der Waals surface area (Å²) in [6.07, 6.45) is -0.956. The third-order valence-corrected chi connectivity index (χ3v) is 5.94. The van der Waals surface area contributed by atoms with Gasteiger partial charge in [0.05, 0.1) is 11.3 Å². The molecular weight excluding hydrogens is 421 g/mol. The number of amides is 2. The molecule has 6 nitrogen and oxygen atoms in total. The Kier molecular flexibility index (Phi) is 7.58. The van der Waals surface area contributed by atoms with Crippen LogP contribution in [-0.4, -0.2) is 39.6 Å². The number of benzene rings is 1. The zero-order valence-electron chi connectivity index (χ0n) is 18.4. The second kappa shape index (κ2) is 10.2. The summed E-state index contributed by atoms with van der Waals surface area (Å²) in [5.74, 6) is 0.149. The maximum atomic E-state index is 12.8. The van der Waals surface area contributed by atoms with E-state index in [0.717, 1.165) is 37.1 Å². The van der Waals surface area contributed by atoms with E-state index in [0.29, 0.717) is 43.1 Å². The van der Waals surface area contributed by atoms with Gasteiger partial charge in [-0.3, -0.25) is 14.3 Å². The summed E-state index contributed by atoms with van der Waals surface area (Å²) in [6, 6.07) is 6.81. The van der Waals surface area contributed by atoms with Crippen LogP contribution in [0.2, 0.25) is 0 Å². The second-order valence-corrected chi connectivity index (χ2v) is 8.25. The SMILES string of the molecule is CCc1cc(C(=O)N2CCC(CCC(=O)NCc3cccc(C(F)(F)F)c3)CC2)n(C)n1. The van der Waals surface area contributed by atoms with Gasteiger partial charge in [0.25, 0.3) is 5.91 Å². The van der Waals surface area contributed by atoms with E-state index in [9.17, 15) is 22.8 Å². The van der Waals surface area contributed by atoms with Gasteiger partial charge >= 0.3 is 6.18 Å². The van der Waals surface area contributed by atoms with Crippen molar-refractivity contribution in [3.63, 3.8) is 0 Å². The number of nitrogens with zero attached hydrogens (tertiary/aromatic N) is 3. The Balaban J connectivity index is 1.40. The van der Waals surface area contributed by atoms with Crippen molar-refractivity contribution in [1.82, 2.24) is 20.0 Å². The molecule has 0 unspecified atom stereocenters. The number of carbonyl (C=O) groups excluding carboxylic acids is 2. The average molecular weight is 451 g/mol. The number of aromatic nitrogens is 2. The van der Waals surface area contributed by atoms with Crippen molar-refractivity contribution in [2.45, 2.75) is 51.7 Å². The molecule has 0 aliphatic carbocycles. The molecule has 1 aromatic carbocycles. The molecule has 0 atom stereocenters. The predicted octanol–water partition coefficient (Wildman–Crippen LogP) is 3.95. The van der Waals surface area contributed by atoms with Crippen LogP contribution in [0.4, 0.5) is 13.2 Å². The Morgan fingerprint density at radius 3 is 2.53 bits per heavy atom. The molecule has 2 amide bonds. The zero-order chi connectivity index (χ0) is 23.3. The minimum atomic E-state index is -4.40. The summed E-state index contributed by atoms with van der Waals surface area (Å²) in [5, 5.41) is 7.03. The van der Waals surface area contributed by atoms with E-state index in [1.54, 1.807) is 17.8 Å². The topological polar surface area (TPSA) is 67.2 Å². The molecule has 9 heteroatoms. The van der Waals surface area contributed by atoms with E-state index < -0.39 is 11.7 Å². The first-order valence-electron chi connectivity index (χ1n) is 10.9. The van der Waals surface area contributed by atoms with Crippen LogP contribution in [0, 0.1) is 5.92 Å². The predicted molar refractivity (Wildman–Crippen MR) is 114 cm³/mol. The number of hydrogen-bond donors (Lipinski definition) is 1. The van der Waals surface area contributed by atoms with Gasteiger partial charge in [-0.25, -0.2) is 0 Å². The molecule has 1 aliphatic rings. The lowest BCUT2D eigenvalue weighted by Gasteiger charge is -2.31. The molecular formula is C23H29F3N4O2. The monoisotopic (exact) mass is 450 g/mol. The molecule has 1 fully saturated rings. The van der Waals surface area contributed by atoms with Crippen molar-refractivity contribution in [1.29, 1.82) is 0 Å². The molecule has 32 heavy (non-hydrogen) atoms. The van der Waals surface area contributed by atoms with E-state index in [-0.39, 0.29) is 18.4 Å². The fourth-order valence-corrected chi connectivity index (χ4v) is 3.97. The van der Waals surface area contributed by atoms with Crippen molar-refractivity contribution in [2.24, 2.45) is 13.0 Å². The fourth-order valence-electron chi connectivity index (χ4n) is 3.97. The van der Waals surface area contributed by atoms with Crippen LogP contribution >= 0.6 is 0 Å². The quantitative estimate of drug-likeness (QED) is 0.695. The number of aryl methyl sites for hydroxylation is 2. The van der Waals surface area contributed by atoms with Gasteiger partial charge < -0.3 is 10.2 Å². The summed E-state index contributed by atoms with van der Waals surface area (Å²) in [7, 11) is 1.77. The lowest BCUT2D eigenvalue weighted by atomic mass is 9.92. The van der Waals surface area contributed by atoms with E-state index in [2.05, 4.69) is 10.4 Å². The van der Waals surface area contributed by atoms with Gasteiger partial charge in [0.1, 0.15) is 5.69 Å². The number of rotatable bonds is 7. The number of carbonyl (C=O) groups is 2. The van der Waals surface area contributed by atoms with E-state index in [1.807, 2.05) is 17.9 Å². The molecule has 1 saturated heterocycles. The van der Waals surface area contributed by atoms with E-state index in [1.165, 1.54) is 6.07 Å². The Hall–Kier alpha value is -2.84. The Labute approximate surface area is 185 Å². The highest BCUT2D eigenvalue weighted by Gasteiger charge is 2.30. The highest BCUT2D eigenvalue weighted by Crippen LogP contribution is 2.29. The number of likely N-dealkylation sites (tertiary alicyclic amines) is 1. The van der Waals surface area contributed by atoms with Gasteiger partial charge in [0.15, 0.2) is 0 Å². The number of halogens is 3. The third kappa shape index (κ3) is 6.11. The maximum absolute atomic E-state index is 12.8. The van der Waals surface area contributed by atoms with E-state index >= 15 is 0 Å². The lowest BCUT2D eigenvalue weighted by molar-refractivity contribution is -0.137. The van der Waals surface area contributed by atoms with Crippen LogP contribution in [0.1, 0.15) is 59.9 Å². The van der Waals surface area contributed by atoms with Crippen molar-refractivity contribution in [3.05, 3.63) is 52.8 Å². The number of nitrogens with one attached hydrogen (secondary N) is 1. The van der Waals surface area contributed by atoms with Crippen molar-refractivity contribution >= 4 is 11.8 Å². The summed E-state index contributed by atoms with van der Waals surface area (Å²) in [4.78, 5) is 26.8. The average Bonchev–Trinajstić information content (AvgIpc) is 3.16. The number of piperidine rings is 1. The number of hydrogen-bond acceptors (Lipinski definition) is 3. The number of alkyl halides is 3. The molecule has 0 bridgehead atoms. The van der Waals surface area contributed by atoms with E-state index in [4.69, 9.17) is 0 Å². The van der Waals surface area contributed by atoms with Gasteiger partial charge in [0, 0.05) is 33.1 Å². The maximum Gasteiger partial charge on any atom is 0.416 e. The molecule has 1 aliphatic heterocycles. The van der Waals surface area contributed by atoms with Crippen LogP contribution in [0.15, 0.2) is 30.3 Å². The van der Waals surface area contributed by atoms with Gasteiger partial charge in [0.2, 0.25) is 5.91 Å². The smallest absolute Gasteiger partial charge is 0.352 e. The van der Waals surface area contributed by atoms with Crippen molar-refractivity contribution in [3.8, 4) is 0 Å². The van der Waals surface area contributed by atoms with Crippen LogP contribution in [0.5, 0.6) is 0 Å². The fraction of sp³-hybridized carbons (Fsp3) is 0.522. The summed E-state index contributed by atoms with van der Waals surface area (Å²) < 4.78 is 40.0. The van der Waals surface area contributed by atoms with Crippen molar-refractivity contribution < 1.29 is 22.8 Å². The molecule has 0 saturated carbocycles. The molecule has 174 valence electrons. The Morgan fingerprint density at radius 1 is 1.19 bits per heavy atom. The minimum Gasteiger partial charge on any atom is -0.352 e. The van der Waals surface area contributed by atoms with Gasteiger partial charge in [-0.05, 0) is 55.4 Å². The highest BCUT2D eigenvalue weighted by molar-refractivity contribution is 5.92. The largest absolute Gasteiger partial charge is 0.416 e. The summed E-state index contributed by atoms with van der Waals surface area (Å²) >= 11 is 0. The van der Waals surface area contributed by atoms with Crippen LogP contribution in [-0.2, 0) is 31.0 Å². The minimum absolute atomic E-state index is 0.0167. The van der Waals surface area contributed by atoms with Gasteiger partial charge in [-0.15, -0.1) is 0 Å². The Bertz CT molecular complexity index is 947. The molecule has 2 heterocycles. The molecule has 1 aromatic heterocycles. The van der Waals surface area contributed by atoms with Crippen LogP contribution in [0.3, 0.4) is 0 Å². The first-order chi connectivity index (χ1) is 15.2. The van der Waals surface area contributed by atoms with Gasteiger partial charge in [-0.2, -0.15) is 18.3 Å². The normalized spacial score (nSPS) is 15.1. The zero-order valence-corrected chi connectivity index (χ0v) is 18.4. The standard InChI is InChI=1S/C23H29F3N4O2/c1-3-19-14-20(29(2)28-19)22(32)30-11-9-16(10-12-30)7-8-21(31)27-15-17-5-4-6-18(13-17)23(24,25)26/h4-6,13-14,16H,3,7-12,15H2,1-2H3,(H,27,31). The van der Waals surface area contributed by atoms with Crippen LogP contribution in [0.25, 0.3) is 0 Å².